The SMILES string of the molecule is O=C(NN=Cc1ccc2ccccc2c1O)C(O)(c1ccccc1)c1ccccc1. The molecule has 4 rings (SSSR count). The Morgan fingerprint density at radius 1 is 0.800 bits per heavy atom. The van der Waals surface area contributed by atoms with E-state index in [1.165, 1.54) is 6.21 Å². The van der Waals surface area contributed by atoms with E-state index in [1.54, 1.807) is 54.6 Å². The molecule has 4 aromatic rings. The number of nitrogens with zero attached hydrogens (tertiary/aromatic N) is 1. The minimum atomic E-state index is -1.91. The predicted octanol–water partition coefficient (Wildman–Crippen LogP) is 3.93. The number of benzene rings is 4. The number of hydrazone groups is 1. The van der Waals surface area contributed by atoms with Crippen molar-refractivity contribution in [2.24, 2.45) is 5.10 Å². The predicted molar refractivity (Wildman–Crippen MR) is 117 cm³/mol. The Hall–Kier alpha value is -3.96. The summed E-state index contributed by atoms with van der Waals surface area (Å²) in [6.45, 7) is 0. The van der Waals surface area contributed by atoms with Crippen LogP contribution in [0.25, 0.3) is 10.8 Å². The molecule has 1 amide bonds. The van der Waals surface area contributed by atoms with Gasteiger partial charge in [-0.15, -0.1) is 0 Å². The fraction of sp³-hybridized carbons (Fsp3) is 0.0400. The number of amides is 1. The number of aliphatic hydroxyl groups is 1. The van der Waals surface area contributed by atoms with Crippen LogP contribution in [0.1, 0.15) is 16.7 Å². The first-order valence-electron chi connectivity index (χ1n) is 9.48. The van der Waals surface area contributed by atoms with Crippen LogP contribution in [0.15, 0.2) is 102 Å². The number of nitrogens with one attached hydrogen (secondary N) is 1. The Morgan fingerprint density at radius 3 is 2.00 bits per heavy atom. The lowest BCUT2D eigenvalue weighted by atomic mass is 9.85. The van der Waals surface area contributed by atoms with Crippen molar-refractivity contribution in [1.29, 1.82) is 0 Å². The molecule has 0 radical (unpaired) electrons. The van der Waals surface area contributed by atoms with Crippen molar-refractivity contribution >= 4 is 22.9 Å². The van der Waals surface area contributed by atoms with E-state index in [9.17, 15) is 15.0 Å². The van der Waals surface area contributed by atoms with Gasteiger partial charge in [0.15, 0.2) is 5.60 Å². The fourth-order valence-corrected chi connectivity index (χ4v) is 3.41. The molecule has 0 bridgehead atoms. The largest absolute Gasteiger partial charge is 0.507 e. The zero-order valence-electron chi connectivity index (χ0n) is 16.1. The summed E-state index contributed by atoms with van der Waals surface area (Å²) >= 11 is 0. The molecular formula is C25H20N2O3. The molecule has 5 nitrogen and oxygen atoms in total. The Bertz CT molecular complexity index is 1170. The number of phenolic OH excluding ortho intramolecular Hbond substituents is 1. The molecule has 3 N–H and O–H groups in total. The number of aromatic hydroxyl groups is 1. The molecule has 0 fully saturated rings. The van der Waals surface area contributed by atoms with Gasteiger partial charge < -0.3 is 10.2 Å². The first-order valence-corrected chi connectivity index (χ1v) is 9.48. The molecule has 5 heteroatoms. The van der Waals surface area contributed by atoms with Gasteiger partial charge in [0.05, 0.1) is 6.21 Å². The molecule has 0 unspecified atom stereocenters. The molecule has 30 heavy (non-hydrogen) atoms. The van der Waals surface area contributed by atoms with E-state index >= 15 is 0 Å². The summed E-state index contributed by atoms with van der Waals surface area (Å²) in [5, 5.41) is 27.4. The first kappa shape index (κ1) is 19.4. The molecular weight excluding hydrogens is 376 g/mol. The van der Waals surface area contributed by atoms with Crippen LogP contribution < -0.4 is 5.43 Å². The molecule has 0 aliphatic carbocycles. The molecule has 148 valence electrons. The maximum Gasteiger partial charge on any atom is 0.281 e. The Morgan fingerprint density at radius 2 is 1.37 bits per heavy atom. The second-order valence-electron chi connectivity index (χ2n) is 6.87. The third-order valence-electron chi connectivity index (χ3n) is 5.01. The maximum atomic E-state index is 13.0. The molecule has 0 aliphatic rings. The van der Waals surface area contributed by atoms with Gasteiger partial charge in [0.25, 0.3) is 5.91 Å². The molecule has 0 spiro atoms. The Balaban J connectivity index is 1.63. The molecule has 0 heterocycles. The van der Waals surface area contributed by atoms with Crippen LogP contribution >= 0.6 is 0 Å². The van der Waals surface area contributed by atoms with Gasteiger partial charge in [-0.3, -0.25) is 4.79 Å². The van der Waals surface area contributed by atoms with Crippen LogP contribution in [-0.2, 0) is 10.4 Å². The van der Waals surface area contributed by atoms with E-state index < -0.39 is 11.5 Å². The summed E-state index contributed by atoms with van der Waals surface area (Å²) < 4.78 is 0. The third-order valence-corrected chi connectivity index (χ3v) is 5.01. The standard InChI is InChI=1S/C25H20N2O3/c28-23-19(16-15-18-9-7-8-14-22(18)23)17-26-27-24(29)25(30,20-10-3-1-4-11-20)21-12-5-2-6-13-21/h1-17,28,30H,(H,27,29). The van der Waals surface area contributed by atoms with E-state index in [4.69, 9.17) is 0 Å². The zero-order valence-corrected chi connectivity index (χ0v) is 16.1. The normalized spacial score (nSPS) is 11.6. The average Bonchev–Trinajstić information content (AvgIpc) is 2.81. The van der Waals surface area contributed by atoms with Gasteiger partial charge >= 0.3 is 0 Å². The Labute approximate surface area is 173 Å². The highest BCUT2D eigenvalue weighted by molar-refractivity contribution is 5.97. The zero-order chi connectivity index (χ0) is 21.0. The lowest BCUT2D eigenvalue weighted by Crippen LogP contribution is -2.43. The second-order valence-corrected chi connectivity index (χ2v) is 6.87. The lowest BCUT2D eigenvalue weighted by molar-refractivity contribution is -0.136. The van der Waals surface area contributed by atoms with Gasteiger partial charge in [-0.25, -0.2) is 5.43 Å². The van der Waals surface area contributed by atoms with Crippen LogP contribution in [0.5, 0.6) is 5.75 Å². The molecule has 0 aliphatic heterocycles. The highest BCUT2D eigenvalue weighted by Gasteiger charge is 2.39. The second kappa shape index (κ2) is 8.19. The monoisotopic (exact) mass is 396 g/mol. The summed E-state index contributed by atoms with van der Waals surface area (Å²) in [5.41, 5.74) is 1.81. The highest BCUT2D eigenvalue weighted by Crippen LogP contribution is 2.30. The van der Waals surface area contributed by atoms with E-state index in [-0.39, 0.29) is 5.75 Å². The number of hydrogen-bond acceptors (Lipinski definition) is 4. The minimum absolute atomic E-state index is 0.0764. The van der Waals surface area contributed by atoms with Crippen molar-refractivity contribution in [3.05, 3.63) is 114 Å². The van der Waals surface area contributed by atoms with Crippen molar-refractivity contribution in [3.63, 3.8) is 0 Å². The molecule has 0 aromatic heterocycles. The molecule has 4 aromatic carbocycles. The first-order chi connectivity index (χ1) is 14.6. The number of fused-ring (bicyclic) bond motifs is 1. The van der Waals surface area contributed by atoms with Gasteiger partial charge in [-0.05, 0) is 22.6 Å². The van der Waals surface area contributed by atoms with Crippen LogP contribution in [0, 0.1) is 0 Å². The van der Waals surface area contributed by atoms with E-state index in [1.807, 2.05) is 42.5 Å². The van der Waals surface area contributed by atoms with E-state index in [2.05, 4.69) is 10.5 Å². The van der Waals surface area contributed by atoms with Crippen molar-refractivity contribution in [2.45, 2.75) is 5.60 Å². The highest BCUT2D eigenvalue weighted by atomic mass is 16.3. The molecule has 0 atom stereocenters. The van der Waals surface area contributed by atoms with Crippen LogP contribution in [0.2, 0.25) is 0 Å². The van der Waals surface area contributed by atoms with Gasteiger partial charge in [0.1, 0.15) is 5.75 Å². The van der Waals surface area contributed by atoms with Crippen LogP contribution in [-0.4, -0.2) is 22.3 Å². The summed E-state index contributed by atoms with van der Waals surface area (Å²) in [6, 6.07) is 28.4. The maximum absolute atomic E-state index is 13.0. The number of hydrogen-bond donors (Lipinski definition) is 3. The number of phenols is 1. The average molecular weight is 396 g/mol. The Kier molecular flexibility index (Phi) is 5.28. The van der Waals surface area contributed by atoms with Crippen molar-refractivity contribution in [3.8, 4) is 5.75 Å². The smallest absolute Gasteiger partial charge is 0.281 e. The fourth-order valence-electron chi connectivity index (χ4n) is 3.41. The number of carbonyl (C=O) groups excluding carboxylic acids is 1. The molecule has 0 saturated carbocycles. The van der Waals surface area contributed by atoms with Crippen molar-refractivity contribution in [2.75, 3.05) is 0 Å². The minimum Gasteiger partial charge on any atom is -0.507 e. The number of carbonyl (C=O) groups is 1. The summed E-state index contributed by atoms with van der Waals surface area (Å²) in [4.78, 5) is 13.0. The number of rotatable bonds is 5. The van der Waals surface area contributed by atoms with Crippen LogP contribution in [0.4, 0.5) is 0 Å². The van der Waals surface area contributed by atoms with Gasteiger partial charge in [0, 0.05) is 10.9 Å². The van der Waals surface area contributed by atoms with E-state index in [0.29, 0.717) is 22.1 Å². The summed E-state index contributed by atoms with van der Waals surface area (Å²) in [5.74, 6) is -0.621. The summed E-state index contributed by atoms with van der Waals surface area (Å²) in [6.07, 6.45) is 1.36. The summed E-state index contributed by atoms with van der Waals surface area (Å²) in [7, 11) is 0. The quantitative estimate of drug-likeness (QED) is 0.353. The molecule has 0 saturated heterocycles. The topological polar surface area (TPSA) is 81.9 Å². The van der Waals surface area contributed by atoms with Crippen LogP contribution in [0.3, 0.4) is 0 Å². The van der Waals surface area contributed by atoms with Crippen molar-refractivity contribution in [1.82, 2.24) is 5.43 Å². The van der Waals surface area contributed by atoms with Gasteiger partial charge in [-0.1, -0.05) is 91.0 Å². The lowest BCUT2D eigenvalue weighted by Gasteiger charge is -2.27. The van der Waals surface area contributed by atoms with Crippen molar-refractivity contribution < 1.29 is 15.0 Å². The van der Waals surface area contributed by atoms with E-state index in [0.717, 1.165) is 5.39 Å². The third kappa shape index (κ3) is 3.54. The van der Waals surface area contributed by atoms with Gasteiger partial charge in [0.2, 0.25) is 0 Å². The van der Waals surface area contributed by atoms with Gasteiger partial charge in [-0.2, -0.15) is 5.10 Å².